The van der Waals surface area contributed by atoms with E-state index in [2.05, 4.69) is 60.4 Å². The molecule has 3 rings (SSSR count). The molecule has 1 aliphatic heterocycles. The minimum absolute atomic E-state index is 1.08. The Morgan fingerprint density at radius 3 is 2.21 bits per heavy atom. The van der Waals surface area contributed by atoms with Crippen LogP contribution in [0.3, 0.4) is 0 Å². The van der Waals surface area contributed by atoms with Crippen LogP contribution in [0.4, 0.5) is 0 Å². The Morgan fingerprint density at radius 2 is 1.58 bits per heavy atom. The Balaban J connectivity index is 1.69. The lowest BCUT2D eigenvalue weighted by Gasteiger charge is -2.20. The van der Waals surface area contributed by atoms with Crippen molar-refractivity contribution in [3.63, 3.8) is 0 Å². The summed E-state index contributed by atoms with van der Waals surface area (Å²) in [5.41, 5.74) is 5.87. The normalized spacial score (nSPS) is 15.8. The highest BCUT2D eigenvalue weighted by Gasteiger charge is 2.13. The maximum absolute atomic E-state index is 2.58. The molecule has 0 N–H and O–H groups in total. The van der Waals surface area contributed by atoms with Crippen molar-refractivity contribution >= 4 is 0 Å². The molecule has 0 aliphatic carbocycles. The van der Waals surface area contributed by atoms with Crippen molar-refractivity contribution < 1.29 is 0 Å². The summed E-state index contributed by atoms with van der Waals surface area (Å²) in [6.07, 6.45) is 2.37. The van der Waals surface area contributed by atoms with Crippen molar-refractivity contribution in [2.45, 2.75) is 26.3 Å². The third-order valence-electron chi connectivity index (χ3n) is 4.00. The predicted octanol–water partition coefficient (Wildman–Crippen LogP) is 3.60. The molecule has 0 fully saturated rings. The molecule has 1 heterocycles. The number of aryl methyl sites for hydroxylation is 1. The summed E-state index contributed by atoms with van der Waals surface area (Å²) >= 11 is 0. The van der Waals surface area contributed by atoms with Crippen molar-refractivity contribution in [1.82, 2.24) is 4.90 Å². The summed E-state index contributed by atoms with van der Waals surface area (Å²) in [5.74, 6) is 0. The Labute approximate surface area is 115 Å². The van der Waals surface area contributed by atoms with Crippen LogP contribution in [-0.2, 0) is 19.4 Å². The highest BCUT2D eigenvalue weighted by Crippen LogP contribution is 2.17. The Bertz CT molecular complexity index is 532. The fraction of sp³-hybridized carbons (Fsp3) is 0.333. The summed E-state index contributed by atoms with van der Waals surface area (Å²) < 4.78 is 0. The molecule has 0 spiro atoms. The lowest BCUT2D eigenvalue weighted by molar-refractivity contribution is 0.279. The van der Waals surface area contributed by atoms with Crippen LogP contribution in [0.1, 0.15) is 22.3 Å². The molecular formula is C18H21N. The number of benzene rings is 2. The number of hydrogen-bond donors (Lipinski definition) is 0. The van der Waals surface area contributed by atoms with Crippen LogP contribution in [-0.4, -0.2) is 18.0 Å². The molecule has 1 nitrogen and oxygen atoms in total. The Hall–Kier alpha value is -1.60. The standard InChI is InChI=1S/C18H21N/c1-15-5-4-6-16(13-15)14-19-11-9-17-7-2-3-8-18(17)10-12-19/h2-8,13H,9-12,14H2,1H3. The summed E-state index contributed by atoms with van der Waals surface area (Å²) in [6.45, 7) is 5.59. The van der Waals surface area contributed by atoms with Gasteiger partial charge < -0.3 is 0 Å². The molecule has 0 amide bonds. The van der Waals surface area contributed by atoms with Gasteiger partial charge in [0.2, 0.25) is 0 Å². The average molecular weight is 251 g/mol. The SMILES string of the molecule is Cc1cccc(CN2CCc3ccccc3CC2)c1. The fourth-order valence-corrected chi connectivity index (χ4v) is 2.94. The summed E-state index contributed by atoms with van der Waals surface area (Å²) in [7, 11) is 0. The van der Waals surface area contributed by atoms with E-state index in [0.29, 0.717) is 0 Å². The zero-order valence-electron chi connectivity index (χ0n) is 11.6. The number of rotatable bonds is 2. The molecule has 0 aromatic heterocycles. The van der Waals surface area contributed by atoms with Gasteiger partial charge >= 0.3 is 0 Å². The van der Waals surface area contributed by atoms with Crippen molar-refractivity contribution in [3.8, 4) is 0 Å². The van der Waals surface area contributed by atoms with E-state index >= 15 is 0 Å². The van der Waals surface area contributed by atoms with E-state index in [1.54, 1.807) is 0 Å². The van der Waals surface area contributed by atoms with Gasteiger partial charge in [0.15, 0.2) is 0 Å². The van der Waals surface area contributed by atoms with Gasteiger partial charge in [-0.15, -0.1) is 0 Å². The molecule has 2 aromatic rings. The molecule has 0 unspecified atom stereocenters. The first-order valence-electron chi connectivity index (χ1n) is 7.16. The predicted molar refractivity (Wildman–Crippen MR) is 80.3 cm³/mol. The number of fused-ring (bicyclic) bond motifs is 1. The van der Waals surface area contributed by atoms with Gasteiger partial charge in [0, 0.05) is 19.6 Å². The summed E-state index contributed by atoms with van der Waals surface area (Å²) in [4.78, 5) is 2.58. The van der Waals surface area contributed by atoms with Gasteiger partial charge in [-0.05, 0) is 36.5 Å². The fourth-order valence-electron chi connectivity index (χ4n) is 2.94. The van der Waals surface area contributed by atoms with E-state index < -0.39 is 0 Å². The second kappa shape index (κ2) is 5.58. The molecule has 0 saturated carbocycles. The molecule has 0 radical (unpaired) electrons. The largest absolute Gasteiger partial charge is 0.298 e. The van der Waals surface area contributed by atoms with Crippen LogP contribution in [0.15, 0.2) is 48.5 Å². The van der Waals surface area contributed by atoms with Gasteiger partial charge in [-0.25, -0.2) is 0 Å². The third-order valence-corrected chi connectivity index (χ3v) is 4.00. The third kappa shape index (κ3) is 3.05. The van der Waals surface area contributed by atoms with Gasteiger partial charge in [0.05, 0.1) is 0 Å². The molecule has 1 aliphatic rings. The number of hydrogen-bond acceptors (Lipinski definition) is 1. The van der Waals surface area contributed by atoms with E-state index in [1.807, 2.05) is 0 Å². The molecule has 0 saturated heterocycles. The lowest BCUT2D eigenvalue weighted by atomic mass is 10.0. The van der Waals surface area contributed by atoms with Gasteiger partial charge in [0.25, 0.3) is 0 Å². The van der Waals surface area contributed by atoms with Crippen molar-refractivity contribution in [3.05, 3.63) is 70.8 Å². The first-order chi connectivity index (χ1) is 9.31. The van der Waals surface area contributed by atoms with Crippen LogP contribution in [0.2, 0.25) is 0 Å². The van der Waals surface area contributed by atoms with Gasteiger partial charge in [-0.3, -0.25) is 4.90 Å². The van der Waals surface area contributed by atoms with Crippen molar-refractivity contribution in [2.24, 2.45) is 0 Å². The molecule has 1 heteroatoms. The molecule has 2 aromatic carbocycles. The smallest absolute Gasteiger partial charge is 0.0234 e. The second-order valence-electron chi connectivity index (χ2n) is 5.53. The first-order valence-corrected chi connectivity index (χ1v) is 7.16. The van der Waals surface area contributed by atoms with E-state index in [0.717, 1.165) is 6.54 Å². The van der Waals surface area contributed by atoms with E-state index in [1.165, 1.54) is 48.2 Å². The average Bonchev–Trinajstić information content (AvgIpc) is 2.62. The van der Waals surface area contributed by atoms with Crippen LogP contribution < -0.4 is 0 Å². The summed E-state index contributed by atoms with van der Waals surface area (Å²) in [6, 6.07) is 17.8. The topological polar surface area (TPSA) is 3.24 Å². The Morgan fingerprint density at radius 1 is 0.895 bits per heavy atom. The first kappa shape index (κ1) is 12.4. The maximum atomic E-state index is 2.58. The van der Waals surface area contributed by atoms with Crippen LogP contribution in [0.25, 0.3) is 0 Å². The molecule has 19 heavy (non-hydrogen) atoms. The van der Waals surface area contributed by atoms with Crippen LogP contribution in [0.5, 0.6) is 0 Å². The van der Waals surface area contributed by atoms with Gasteiger partial charge in [-0.2, -0.15) is 0 Å². The second-order valence-corrected chi connectivity index (χ2v) is 5.53. The molecular weight excluding hydrogens is 230 g/mol. The van der Waals surface area contributed by atoms with Gasteiger partial charge in [0.1, 0.15) is 0 Å². The number of nitrogens with zero attached hydrogens (tertiary/aromatic N) is 1. The maximum Gasteiger partial charge on any atom is 0.0234 e. The van der Waals surface area contributed by atoms with Crippen molar-refractivity contribution in [2.75, 3.05) is 13.1 Å². The quantitative estimate of drug-likeness (QED) is 0.788. The minimum Gasteiger partial charge on any atom is -0.298 e. The van der Waals surface area contributed by atoms with Gasteiger partial charge in [-0.1, -0.05) is 54.1 Å². The monoisotopic (exact) mass is 251 g/mol. The Kier molecular flexibility index (Phi) is 3.65. The highest BCUT2D eigenvalue weighted by molar-refractivity contribution is 5.29. The zero-order valence-corrected chi connectivity index (χ0v) is 11.6. The molecule has 0 bridgehead atoms. The van der Waals surface area contributed by atoms with Crippen molar-refractivity contribution in [1.29, 1.82) is 0 Å². The minimum atomic E-state index is 1.08. The molecule has 0 atom stereocenters. The zero-order chi connectivity index (χ0) is 13.1. The van der Waals surface area contributed by atoms with E-state index in [9.17, 15) is 0 Å². The van der Waals surface area contributed by atoms with E-state index in [-0.39, 0.29) is 0 Å². The van der Waals surface area contributed by atoms with Crippen LogP contribution in [0, 0.1) is 6.92 Å². The van der Waals surface area contributed by atoms with E-state index in [4.69, 9.17) is 0 Å². The highest BCUT2D eigenvalue weighted by atomic mass is 15.1. The molecule has 98 valence electrons. The van der Waals surface area contributed by atoms with Crippen LogP contribution >= 0.6 is 0 Å². The lowest BCUT2D eigenvalue weighted by Crippen LogP contribution is -2.25. The summed E-state index contributed by atoms with van der Waals surface area (Å²) in [5, 5.41) is 0.